The third-order valence-electron chi connectivity index (χ3n) is 5.69. The van der Waals surface area contributed by atoms with E-state index in [9.17, 15) is 4.79 Å². The maximum Gasteiger partial charge on any atom is 0.228 e. The number of nitrogens with zero attached hydrogens (tertiary/aromatic N) is 6. The van der Waals surface area contributed by atoms with E-state index in [2.05, 4.69) is 15.1 Å². The highest BCUT2D eigenvalue weighted by Crippen LogP contribution is 2.26. The lowest BCUT2D eigenvalue weighted by molar-refractivity contribution is -0.137. The fraction of sp³-hybridized carbons (Fsp3) is 0.381. The maximum atomic E-state index is 13.0. The van der Waals surface area contributed by atoms with E-state index in [1.54, 1.807) is 13.4 Å². The summed E-state index contributed by atoms with van der Waals surface area (Å²) < 4.78 is 7.05. The molecule has 8 nitrogen and oxygen atoms in total. The Kier molecular flexibility index (Phi) is 4.46. The van der Waals surface area contributed by atoms with Gasteiger partial charge >= 0.3 is 0 Å². The fourth-order valence-electron chi connectivity index (χ4n) is 4.06. The second-order valence-corrected chi connectivity index (χ2v) is 7.57. The Morgan fingerprint density at radius 2 is 2.07 bits per heavy atom. The Morgan fingerprint density at radius 1 is 1.21 bits per heavy atom. The minimum Gasteiger partial charge on any atom is -0.497 e. The van der Waals surface area contributed by atoms with Gasteiger partial charge in [0.25, 0.3) is 0 Å². The average Bonchev–Trinajstić information content (AvgIpc) is 3.39. The highest BCUT2D eigenvalue weighted by atomic mass is 16.5. The largest absolute Gasteiger partial charge is 0.497 e. The lowest BCUT2D eigenvalue weighted by atomic mass is 9.98. The first-order chi connectivity index (χ1) is 14.2. The Morgan fingerprint density at radius 3 is 2.90 bits per heavy atom. The Hall–Kier alpha value is -3.29. The molecule has 0 fully saturated rings. The zero-order valence-corrected chi connectivity index (χ0v) is 16.3. The van der Waals surface area contributed by atoms with E-state index in [1.165, 1.54) is 0 Å². The first-order valence-corrected chi connectivity index (χ1v) is 9.81. The van der Waals surface area contributed by atoms with Crippen molar-refractivity contribution in [3.05, 3.63) is 65.3 Å². The number of hydrogen-bond donors (Lipinski definition) is 0. The molecule has 1 aromatic carbocycles. The van der Waals surface area contributed by atoms with E-state index in [-0.39, 0.29) is 11.8 Å². The molecule has 2 aromatic heterocycles. The normalized spacial score (nSPS) is 17.7. The van der Waals surface area contributed by atoms with E-state index in [0.717, 1.165) is 47.1 Å². The van der Waals surface area contributed by atoms with Crippen LogP contribution in [0.25, 0.3) is 0 Å². The van der Waals surface area contributed by atoms with Crippen molar-refractivity contribution in [2.45, 2.75) is 38.9 Å². The molecule has 0 spiro atoms. The van der Waals surface area contributed by atoms with Crippen molar-refractivity contribution in [1.29, 1.82) is 0 Å². The first kappa shape index (κ1) is 17.8. The van der Waals surface area contributed by atoms with Gasteiger partial charge < -0.3 is 9.64 Å². The van der Waals surface area contributed by atoms with Gasteiger partial charge in [0, 0.05) is 31.1 Å². The predicted molar refractivity (Wildman–Crippen MR) is 104 cm³/mol. The molecule has 0 radical (unpaired) electrons. The van der Waals surface area contributed by atoms with Gasteiger partial charge in [-0.05, 0) is 24.1 Å². The van der Waals surface area contributed by atoms with Gasteiger partial charge in [-0.15, -0.1) is 0 Å². The third kappa shape index (κ3) is 3.46. The molecule has 1 atom stereocenters. The van der Waals surface area contributed by atoms with Crippen molar-refractivity contribution in [3.63, 3.8) is 0 Å². The van der Waals surface area contributed by atoms with Crippen molar-refractivity contribution < 1.29 is 9.53 Å². The third-order valence-corrected chi connectivity index (χ3v) is 5.69. The number of benzene rings is 1. The zero-order valence-electron chi connectivity index (χ0n) is 16.3. The van der Waals surface area contributed by atoms with Crippen LogP contribution in [0.4, 0.5) is 0 Å². The first-order valence-electron chi connectivity index (χ1n) is 9.81. The number of hydrogen-bond acceptors (Lipinski definition) is 6. The molecule has 4 heterocycles. The van der Waals surface area contributed by atoms with Gasteiger partial charge in [0.05, 0.1) is 31.8 Å². The van der Waals surface area contributed by atoms with E-state index < -0.39 is 0 Å². The number of aromatic nitrogens is 5. The topological polar surface area (TPSA) is 86.0 Å². The summed E-state index contributed by atoms with van der Waals surface area (Å²) in [5.41, 5.74) is 3.12. The summed E-state index contributed by atoms with van der Waals surface area (Å²) in [6.45, 7) is 1.74. The lowest BCUT2D eigenvalue weighted by Gasteiger charge is -2.26. The summed E-state index contributed by atoms with van der Waals surface area (Å²) in [4.78, 5) is 28.4. The Bertz CT molecular complexity index is 1050. The summed E-state index contributed by atoms with van der Waals surface area (Å²) in [6, 6.07) is 7.92. The molecule has 1 amide bonds. The summed E-state index contributed by atoms with van der Waals surface area (Å²) in [6.07, 6.45) is 5.70. The summed E-state index contributed by atoms with van der Waals surface area (Å²) in [7, 11) is 1.66. The van der Waals surface area contributed by atoms with Crippen LogP contribution < -0.4 is 4.74 Å². The highest BCUT2D eigenvalue weighted by molar-refractivity contribution is 5.79. The number of aryl methyl sites for hydroxylation is 1. The minimum absolute atomic E-state index is 0.0507. The maximum absolute atomic E-state index is 13.0. The van der Waals surface area contributed by atoms with Gasteiger partial charge in [0.1, 0.15) is 23.7 Å². The van der Waals surface area contributed by atoms with Crippen LogP contribution in [-0.2, 0) is 37.3 Å². The number of methoxy groups -OCH3 is 1. The molecule has 0 aliphatic carbocycles. The van der Waals surface area contributed by atoms with Crippen molar-refractivity contribution in [1.82, 2.24) is 29.6 Å². The Balaban J connectivity index is 1.26. The van der Waals surface area contributed by atoms with Crippen LogP contribution in [0.15, 0.2) is 36.8 Å². The minimum atomic E-state index is -0.0507. The number of carbonyl (C=O) groups excluding carboxylic acids is 1. The van der Waals surface area contributed by atoms with Gasteiger partial charge in [-0.1, -0.05) is 12.1 Å². The number of fused-ring (bicyclic) bond motifs is 2. The smallest absolute Gasteiger partial charge is 0.228 e. The molecule has 2 aliphatic rings. The van der Waals surface area contributed by atoms with Crippen molar-refractivity contribution >= 4 is 5.91 Å². The lowest BCUT2D eigenvalue weighted by Crippen LogP contribution is -2.37. The van der Waals surface area contributed by atoms with Crippen molar-refractivity contribution in [2.24, 2.45) is 5.92 Å². The van der Waals surface area contributed by atoms with Crippen molar-refractivity contribution in [2.75, 3.05) is 7.11 Å². The molecular formula is C21H22N6O2. The van der Waals surface area contributed by atoms with Crippen LogP contribution in [-0.4, -0.2) is 42.6 Å². The SMILES string of the molecule is COc1ccc(Cc2ncc3c(n2)CN(C(=O)C2CCc4ncnn4C2)C3)cc1. The van der Waals surface area contributed by atoms with E-state index >= 15 is 0 Å². The summed E-state index contributed by atoms with van der Waals surface area (Å²) in [5, 5.41) is 4.22. The van der Waals surface area contributed by atoms with E-state index in [0.29, 0.717) is 26.1 Å². The van der Waals surface area contributed by atoms with Gasteiger partial charge in [-0.2, -0.15) is 5.10 Å². The van der Waals surface area contributed by atoms with Crippen LogP contribution in [0.5, 0.6) is 5.75 Å². The number of ether oxygens (including phenoxy) is 1. The van der Waals surface area contributed by atoms with Crippen LogP contribution in [0, 0.1) is 5.92 Å². The standard InChI is InChI=1S/C21H22N6O2/c1-29-17-5-2-14(3-6-17)8-19-22-9-16-10-26(12-18(16)25-19)21(28)15-4-7-20-23-13-24-27(20)11-15/h2-3,5-6,9,13,15H,4,7-8,10-12H2,1H3. The van der Waals surface area contributed by atoms with E-state index in [4.69, 9.17) is 9.72 Å². The molecule has 0 saturated heterocycles. The second-order valence-electron chi connectivity index (χ2n) is 7.57. The molecule has 148 valence electrons. The summed E-state index contributed by atoms with van der Waals surface area (Å²) in [5.74, 6) is 2.69. The molecule has 8 heteroatoms. The molecule has 29 heavy (non-hydrogen) atoms. The van der Waals surface area contributed by atoms with Crippen LogP contribution in [0.3, 0.4) is 0 Å². The molecule has 5 rings (SSSR count). The molecule has 3 aromatic rings. The van der Waals surface area contributed by atoms with Gasteiger partial charge in [0.15, 0.2) is 0 Å². The van der Waals surface area contributed by atoms with Crippen molar-refractivity contribution in [3.8, 4) is 5.75 Å². The van der Waals surface area contributed by atoms with Crippen LogP contribution >= 0.6 is 0 Å². The monoisotopic (exact) mass is 390 g/mol. The number of rotatable bonds is 4. The van der Waals surface area contributed by atoms with Gasteiger partial charge in [0.2, 0.25) is 5.91 Å². The van der Waals surface area contributed by atoms with Gasteiger partial charge in [-0.3, -0.25) is 4.79 Å². The van der Waals surface area contributed by atoms with Crippen LogP contribution in [0.2, 0.25) is 0 Å². The summed E-state index contributed by atoms with van der Waals surface area (Å²) >= 11 is 0. The Labute approximate surface area is 168 Å². The number of amides is 1. The zero-order chi connectivity index (χ0) is 19.8. The molecule has 0 N–H and O–H groups in total. The highest BCUT2D eigenvalue weighted by Gasteiger charge is 2.33. The number of carbonyl (C=O) groups is 1. The predicted octanol–water partition coefficient (Wildman–Crippen LogP) is 1.77. The average molecular weight is 390 g/mol. The van der Waals surface area contributed by atoms with Gasteiger partial charge in [-0.25, -0.2) is 19.6 Å². The molecule has 2 aliphatic heterocycles. The van der Waals surface area contributed by atoms with Crippen LogP contribution in [0.1, 0.15) is 34.9 Å². The quantitative estimate of drug-likeness (QED) is 0.675. The van der Waals surface area contributed by atoms with E-state index in [1.807, 2.05) is 40.0 Å². The fourth-order valence-corrected chi connectivity index (χ4v) is 4.06. The second kappa shape index (κ2) is 7.27. The molecule has 0 saturated carbocycles. The molecule has 1 unspecified atom stereocenters. The molecular weight excluding hydrogens is 368 g/mol. The molecule has 0 bridgehead atoms.